The lowest BCUT2D eigenvalue weighted by Crippen LogP contribution is -1.95. The third-order valence-electron chi connectivity index (χ3n) is 3.05. The van der Waals surface area contributed by atoms with Gasteiger partial charge in [-0.25, -0.2) is 5.10 Å². The van der Waals surface area contributed by atoms with Crippen molar-refractivity contribution in [1.82, 2.24) is 14.9 Å². The zero-order valence-corrected chi connectivity index (χ0v) is 14.6. The van der Waals surface area contributed by atoms with E-state index >= 15 is 0 Å². The molecule has 2 aromatic carbocycles. The molecule has 0 aliphatic rings. The summed E-state index contributed by atoms with van der Waals surface area (Å²) in [5, 5.41) is 12.8. The molecule has 8 heteroatoms. The summed E-state index contributed by atoms with van der Waals surface area (Å²) in [5.41, 5.74) is 1.51. The van der Waals surface area contributed by atoms with Crippen molar-refractivity contribution < 1.29 is 0 Å². The van der Waals surface area contributed by atoms with E-state index in [9.17, 15) is 0 Å². The van der Waals surface area contributed by atoms with Crippen LogP contribution in [0.2, 0.25) is 15.1 Å². The van der Waals surface area contributed by atoms with Crippen molar-refractivity contribution in [1.29, 1.82) is 0 Å². The highest BCUT2D eigenvalue weighted by atomic mass is 35.5. The number of benzene rings is 2. The first kappa shape index (κ1) is 16.2. The third-order valence-corrected chi connectivity index (χ3v) is 4.40. The molecule has 1 aromatic heterocycles. The Morgan fingerprint density at radius 1 is 1.09 bits per heavy atom. The van der Waals surface area contributed by atoms with E-state index < -0.39 is 0 Å². The minimum atomic E-state index is 0.365. The Morgan fingerprint density at radius 3 is 2.57 bits per heavy atom. The monoisotopic (exact) mass is 382 g/mol. The Hall–Kier alpha value is -1.66. The van der Waals surface area contributed by atoms with Crippen molar-refractivity contribution in [2.24, 2.45) is 5.10 Å². The molecule has 1 N–H and O–H groups in total. The van der Waals surface area contributed by atoms with Gasteiger partial charge in [-0.2, -0.15) is 14.9 Å². The standard InChI is InChI=1S/C15H9Cl3N4S/c16-11-6-4-9(5-7-11)14-20-21-15(23)22(14)19-8-10-2-1-3-12(17)13(10)18/h1-8H,(H,21,23). The smallest absolute Gasteiger partial charge is 0.216 e. The van der Waals surface area contributed by atoms with Crippen molar-refractivity contribution in [2.45, 2.75) is 0 Å². The Balaban J connectivity index is 2.02. The Kier molecular flexibility index (Phi) is 4.82. The number of rotatable bonds is 3. The molecule has 23 heavy (non-hydrogen) atoms. The fourth-order valence-corrected chi connectivity index (χ4v) is 2.59. The first-order valence-corrected chi connectivity index (χ1v) is 8.02. The predicted octanol–water partition coefficient (Wildman–Crippen LogP) is 5.45. The van der Waals surface area contributed by atoms with E-state index in [2.05, 4.69) is 15.3 Å². The van der Waals surface area contributed by atoms with Crippen LogP contribution in [-0.2, 0) is 0 Å². The lowest BCUT2D eigenvalue weighted by Gasteiger charge is -2.02. The number of halogens is 3. The van der Waals surface area contributed by atoms with Gasteiger partial charge in [-0.3, -0.25) is 0 Å². The molecular weight excluding hydrogens is 375 g/mol. The number of aromatic amines is 1. The van der Waals surface area contributed by atoms with Crippen LogP contribution in [0.25, 0.3) is 11.4 Å². The van der Waals surface area contributed by atoms with Crippen molar-refractivity contribution in [2.75, 3.05) is 0 Å². The zero-order valence-electron chi connectivity index (χ0n) is 11.5. The van der Waals surface area contributed by atoms with Crippen LogP contribution in [0.1, 0.15) is 5.56 Å². The molecular formula is C15H9Cl3N4S. The highest BCUT2D eigenvalue weighted by molar-refractivity contribution is 7.71. The van der Waals surface area contributed by atoms with Crippen LogP contribution in [-0.4, -0.2) is 21.1 Å². The van der Waals surface area contributed by atoms with Gasteiger partial charge in [0.05, 0.1) is 16.3 Å². The summed E-state index contributed by atoms with van der Waals surface area (Å²) in [6, 6.07) is 12.5. The van der Waals surface area contributed by atoms with Gasteiger partial charge in [0.1, 0.15) is 0 Å². The summed E-state index contributed by atoms with van der Waals surface area (Å²) in [7, 11) is 0. The van der Waals surface area contributed by atoms with Crippen LogP contribution in [0, 0.1) is 4.77 Å². The molecule has 0 unspecified atom stereocenters. The molecule has 116 valence electrons. The number of aromatic nitrogens is 3. The SMILES string of the molecule is S=c1[nH]nc(-c2ccc(Cl)cc2)n1N=Cc1cccc(Cl)c1Cl. The van der Waals surface area contributed by atoms with Crippen molar-refractivity contribution in [3.05, 3.63) is 67.9 Å². The van der Waals surface area contributed by atoms with Crippen LogP contribution in [0.4, 0.5) is 0 Å². The number of nitrogens with zero attached hydrogens (tertiary/aromatic N) is 3. The summed E-state index contributed by atoms with van der Waals surface area (Å²) in [6.07, 6.45) is 1.58. The zero-order chi connectivity index (χ0) is 16.4. The fourth-order valence-electron chi connectivity index (χ4n) is 1.92. The van der Waals surface area contributed by atoms with Crippen molar-refractivity contribution in [3.63, 3.8) is 0 Å². The van der Waals surface area contributed by atoms with E-state index in [1.807, 2.05) is 18.2 Å². The molecule has 0 spiro atoms. The van der Waals surface area contributed by atoms with E-state index in [1.54, 1.807) is 30.5 Å². The number of nitrogens with one attached hydrogen (secondary N) is 1. The molecule has 0 saturated carbocycles. The van der Waals surface area contributed by atoms with Crippen LogP contribution in [0.3, 0.4) is 0 Å². The first-order chi connectivity index (χ1) is 11.1. The van der Waals surface area contributed by atoms with Crippen LogP contribution < -0.4 is 0 Å². The molecule has 0 aliphatic heterocycles. The van der Waals surface area contributed by atoms with Crippen molar-refractivity contribution >= 4 is 53.2 Å². The topological polar surface area (TPSA) is 46.0 Å². The summed E-state index contributed by atoms with van der Waals surface area (Å²) in [6.45, 7) is 0. The summed E-state index contributed by atoms with van der Waals surface area (Å²) < 4.78 is 1.87. The van der Waals surface area contributed by atoms with Crippen molar-refractivity contribution in [3.8, 4) is 11.4 Å². The van der Waals surface area contributed by atoms with E-state index in [0.717, 1.165) is 5.56 Å². The molecule has 0 atom stereocenters. The average Bonchev–Trinajstić information content (AvgIpc) is 2.91. The highest BCUT2D eigenvalue weighted by Gasteiger charge is 2.08. The average molecular weight is 384 g/mol. The van der Waals surface area contributed by atoms with Gasteiger partial charge in [-0.1, -0.05) is 46.9 Å². The maximum absolute atomic E-state index is 6.15. The second-order valence-electron chi connectivity index (χ2n) is 4.56. The largest absolute Gasteiger partial charge is 0.250 e. The molecule has 0 fully saturated rings. The lowest BCUT2D eigenvalue weighted by atomic mass is 10.2. The second kappa shape index (κ2) is 6.84. The summed E-state index contributed by atoms with van der Waals surface area (Å²) in [5.74, 6) is 0.570. The van der Waals surface area contributed by atoms with Gasteiger partial charge in [0.15, 0.2) is 5.82 Å². The normalized spacial score (nSPS) is 11.3. The Morgan fingerprint density at radius 2 is 1.83 bits per heavy atom. The van der Waals surface area contributed by atoms with Gasteiger partial charge in [-0.05, 0) is 42.5 Å². The molecule has 4 nitrogen and oxygen atoms in total. The maximum Gasteiger partial charge on any atom is 0.216 e. The molecule has 0 bridgehead atoms. The third kappa shape index (κ3) is 3.48. The maximum atomic E-state index is 6.15. The molecule has 0 radical (unpaired) electrons. The Labute approximate surface area is 152 Å². The predicted molar refractivity (Wildman–Crippen MR) is 97.3 cm³/mol. The molecule has 0 aliphatic carbocycles. The van der Waals surface area contributed by atoms with Gasteiger partial charge in [0.2, 0.25) is 4.77 Å². The number of H-pyrrole nitrogens is 1. The minimum absolute atomic E-state index is 0.365. The summed E-state index contributed by atoms with van der Waals surface area (Å²) >= 11 is 23.3. The van der Waals surface area contributed by atoms with Gasteiger partial charge in [-0.15, -0.1) is 0 Å². The Bertz CT molecular complexity index is 929. The fraction of sp³-hybridized carbons (Fsp3) is 0. The van der Waals surface area contributed by atoms with E-state index in [-0.39, 0.29) is 0 Å². The van der Waals surface area contributed by atoms with E-state index in [4.69, 9.17) is 47.0 Å². The summed E-state index contributed by atoms with van der Waals surface area (Å²) in [4.78, 5) is 0. The quantitative estimate of drug-likeness (QED) is 0.483. The van der Waals surface area contributed by atoms with Gasteiger partial charge in [0.25, 0.3) is 0 Å². The molecule has 0 amide bonds. The van der Waals surface area contributed by atoms with Gasteiger partial charge in [0, 0.05) is 16.1 Å². The second-order valence-corrected chi connectivity index (χ2v) is 6.17. The molecule has 1 heterocycles. The van der Waals surface area contributed by atoms with Crippen LogP contribution in [0.15, 0.2) is 47.6 Å². The first-order valence-electron chi connectivity index (χ1n) is 6.48. The minimum Gasteiger partial charge on any atom is -0.250 e. The van der Waals surface area contributed by atoms with Gasteiger partial charge < -0.3 is 0 Å². The molecule has 3 rings (SSSR count). The highest BCUT2D eigenvalue weighted by Crippen LogP contribution is 2.24. The van der Waals surface area contributed by atoms with Gasteiger partial charge >= 0.3 is 0 Å². The lowest BCUT2D eigenvalue weighted by molar-refractivity contribution is 0.871. The molecule has 3 aromatic rings. The van der Waals surface area contributed by atoms with E-state index in [1.165, 1.54) is 4.68 Å². The molecule has 0 saturated heterocycles. The number of hydrogen-bond donors (Lipinski definition) is 1. The van der Waals surface area contributed by atoms with Crippen LogP contribution >= 0.6 is 47.0 Å². The van der Waals surface area contributed by atoms with Crippen LogP contribution in [0.5, 0.6) is 0 Å². The number of hydrogen-bond acceptors (Lipinski definition) is 3. The van der Waals surface area contributed by atoms with E-state index in [0.29, 0.717) is 31.2 Å².